The van der Waals surface area contributed by atoms with Gasteiger partial charge in [-0.1, -0.05) is 36.4 Å². The first-order valence-corrected chi connectivity index (χ1v) is 6.65. The highest BCUT2D eigenvalue weighted by atomic mass is 16.6. The Balaban J connectivity index is 1.63. The number of carbonyl (C=O) groups is 1. The maximum Gasteiger partial charge on any atom is 0.428 e. The summed E-state index contributed by atoms with van der Waals surface area (Å²) in [5.41, 5.74) is 3.68. The molecule has 1 aliphatic rings. The van der Waals surface area contributed by atoms with Gasteiger partial charge in [0.15, 0.2) is 0 Å². The molecule has 0 saturated carbocycles. The highest BCUT2D eigenvalue weighted by molar-refractivity contribution is 5.70. The monoisotopic (exact) mass is 281 g/mol. The quantitative estimate of drug-likeness (QED) is 0.939. The van der Waals surface area contributed by atoms with Crippen LogP contribution in [0.1, 0.15) is 0 Å². The van der Waals surface area contributed by atoms with Gasteiger partial charge in [0, 0.05) is 6.20 Å². The number of ether oxygens (including phenoxy) is 1. The Morgan fingerprint density at radius 1 is 1.00 bits per heavy atom. The van der Waals surface area contributed by atoms with Gasteiger partial charge in [-0.25, -0.2) is 10.2 Å². The summed E-state index contributed by atoms with van der Waals surface area (Å²) in [5.74, 6) is 0.508. The van der Waals surface area contributed by atoms with Crippen LogP contribution in [-0.2, 0) is 0 Å². The van der Waals surface area contributed by atoms with Crippen LogP contribution in [0.4, 0.5) is 10.5 Å². The number of para-hydroxylation sites is 2. The molecule has 0 spiro atoms. The van der Waals surface area contributed by atoms with Crippen molar-refractivity contribution in [3.05, 3.63) is 72.9 Å². The second kappa shape index (κ2) is 6.11. The van der Waals surface area contributed by atoms with E-state index in [9.17, 15) is 4.79 Å². The van der Waals surface area contributed by atoms with Crippen LogP contribution in [0.3, 0.4) is 0 Å². The molecule has 0 aliphatic carbocycles. The summed E-state index contributed by atoms with van der Waals surface area (Å²) in [7, 11) is 0. The first kappa shape index (κ1) is 13.2. The zero-order valence-corrected chi connectivity index (χ0v) is 11.3. The summed E-state index contributed by atoms with van der Waals surface area (Å²) in [6.07, 6.45) is 3.33. The maximum atomic E-state index is 11.9. The van der Waals surface area contributed by atoms with Gasteiger partial charge in [0.2, 0.25) is 0 Å². The van der Waals surface area contributed by atoms with Gasteiger partial charge in [-0.3, -0.25) is 5.01 Å². The van der Waals surface area contributed by atoms with Crippen molar-refractivity contribution in [3.8, 4) is 5.75 Å². The zero-order valence-electron chi connectivity index (χ0n) is 11.3. The van der Waals surface area contributed by atoms with E-state index >= 15 is 0 Å². The van der Waals surface area contributed by atoms with Gasteiger partial charge >= 0.3 is 6.09 Å². The maximum absolute atomic E-state index is 11.9. The third kappa shape index (κ3) is 3.21. The molecule has 0 unspecified atom stereocenters. The number of hydrogen-bond acceptors (Lipinski definition) is 4. The van der Waals surface area contributed by atoms with Crippen molar-refractivity contribution in [3.63, 3.8) is 0 Å². The van der Waals surface area contributed by atoms with Gasteiger partial charge in [-0.05, 0) is 30.3 Å². The summed E-state index contributed by atoms with van der Waals surface area (Å²) >= 11 is 0. The lowest BCUT2D eigenvalue weighted by atomic mass is 10.3. The average molecular weight is 281 g/mol. The van der Waals surface area contributed by atoms with Crippen molar-refractivity contribution in [1.82, 2.24) is 10.5 Å². The summed E-state index contributed by atoms with van der Waals surface area (Å²) in [6, 6.07) is 18.7. The van der Waals surface area contributed by atoms with Crippen LogP contribution in [0.5, 0.6) is 5.75 Å². The topological polar surface area (TPSA) is 44.8 Å². The number of hydrogen-bond donors (Lipinski definition) is 1. The molecule has 0 radical (unpaired) electrons. The van der Waals surface area contributed by atoms with Gasteiger partial charge < -0.3 is 4.74 Å². The van der Waals surface area contributed by atoms with Crippen LogP contribution in [0.2, 0.25) is 0 Å². The molecular weight excluding hydrogens is 266 g/mol. The molecule has 0 atom stereocenters. The van der Waals surface area contributed by atoms with Crippen molar-refractivity contribution in [2.24, 2.45) is 0 Å². The first-order valence-electron chi connectivity index (χ1n) is 6.65. The van der Waals surface area contributed by atoms with Crippen molar-refractivity contribution in [2.75, 3.05) is 11.6 Å². The number of amides is 1. The molecule has 5 heteroatoms. The van der Waals surface area contributed by atoms with Gasteiger partial charge in [-0.15, -0.1) is 5.12 Å². The molecule has 0 bridgehead atoms. The lowest BCUT2D eigenvalue weighted by Crippen LogP contribution is -2.49. The number of nitrogens with one attached hydrogen (secondary N) is 1. The molecule has 1 amide bonds. The average Bonchev–Trinajstić information content (AvgIpc) is 2.97. The summed E-state index contributed by atoms with van der Waals surface area (Å²) in [6.45, 7) is 0.582. The minimum Gasteiger partial charge on any atom is -0.409 e. The Hall–Kier alpha value is -2.79. The Bertz CT molecular complexity index is 628. The molecule has 106 valence electrons. The summed E-state index contributed by atoms with van der Waals surface area (Å²) in [4.78, 5) is 11.9. The van der Waals surface area contributed by atoms with E-state index in [1.807, 2.05) is 65.8 Å². The number of hydrazine groups is 2. The fourth-order valence-electron chi connectivity index (χ4n) is 2.04. The minimum absolute atomic E-state index is 0.508. The van der Waals surface area contributed by atoms with Crippen molar-refractivity contribution < 1.29 is 9.53 Å². The molecule has 21 heavy (non-hydrogen) atoms. The molecule has 2 aromatic carbocycles. The normalized spacial score (nSPS) is 14.2. The summed E-state index contributed by atoms with van der Waals surface area (Å²) in [5, 5.41) is 3.53. The van der Waals surface area contributed by atoms with Crippen LogP contribution >= 0.6 is 0 Å². The highest BCUT2D eigenvalue weighted by Crippen LogP contribution is 2.18. The Morgan fingerprint density at radius 2 is 1.67 bits per heavy atom. The van der Waals surface area contributed by atoms with Crippen LogP contribution in [0.25, 0.3) is 0 Å². The molecule has 0 saturated heterocycles. The molecule has 0 aromatic heterocycles. The van der Waals surface area contributed by atoms with Crippen LogP contribution in [0, 0.1) is 0 Å². The van der Waals surface area contributed by atoms with Crippen molar-refractivity contribution in [1.29, 1.82) is 0 Å². The third-order valence-corrected chi connectivity index (χ3v) is 2.98. The smallest absolute Gasteiger partial charge is 0.409 e. The second-order valence-corrected chi connectivity index (χ2v) is 4.46. The van der Waals surface area contributed by atoms with E-state index in [4.69, 9.17) is 4.74 Å². The molecule has 5 nitrogen and oxygen atoms in total. The fraction of sp³-hybridized carbons (Fsp3) is 0.0625. The lowest BCUT2D eigenvalue weighted by molar-refractivity contribution is 0.156. The molecule has 1 heterocycles. The molecule has 0 fully saturated rings. The standard InChI is InChI=1S/C16H15N3O2/c20-16(21-15-10-5-2-6-11-15)17-19-13-7-12-18(19)14-8-3-1-4-9-14/h1-12H,13H2,(H,17,20). The van der Waals surface area contributed by atoms with E-state index in [0.29, 0.717) is 12.3 Å². The summed E-state index contributed by atoms with van der Waals surface area (Å²) < 4.78 is 5.21. The molecular formula is C16H15N3O2. The van der Waals surface area contributed by atoms with Gasteiger partial charge in [0.05, 0.1) is 12.2 Å². The van der Waals surface area contributed by atoms with E-state index < -0.39 is 6.09 Å². The van der Waals surface area contributed by atoms with Gasteiger partial charge in [0.1, 0.15) is 5.75 Å². The van der Waals surface area contributed by atoms with E-state index in [1.165, 1.54) is 0 Å². The Morgan fingerprint density at radius 3 is 2.38 bits per heavy atom. The molecule has 1 N–H and O–H groups in total. The second-order valence-electron chi connectivity index (χ2n) is 4.46. The fourth-order valence-corrected chi connectivity index (χ4v) is 2.04. The SMILES string of the molecule is O=C(NN1CC=CN1c1ccccc1)Oc1ccccc1. The van der Waals surface area contributed by atoms with Crippen molar-refractivity contribution in [2.45, 2.75) is 0 Å². The van der Waals surface area contributed by atoms with Crippen LogP contribution in [-0.4, -0.2) is 17.8 Å². The highest BCUT2D eigenvalue weighted by Gasteiger charge is 2.20. The number of benzene rings is 2. The van der Waals surface area contributed by atoms with E-state index in [-0.39, 0.29) is 0 Å². The van der Waals surface area contributed by atoms with Crippen LogP contribution in [0.15, 0.2) is 72.9 Å². The van der Waals surface area contributed by atoms with E-state index in [0.717, 1.165) is 5.69 Å². The van der Waals surface area contributed by atoms with Crippen LogP contribution < -0.4 is 15.2 Å². The predicted molar refractivity (Wildman–Crippen MR) is 80.4 cm³/mol. The number of anilines is 1. The first-order chi connectivity index (χ1) is 10.3. The zero-order chi connectivity index (χ0) is 14.5. The van der Waals surface area contributed by atoms with E-state index in [2.05, 4.69) is 5.43 Å². The van der Waals surface area contributed by atoms with E-state index in [1.54, 1.807) is 17.3 Å². The largest absolute Gasteiger partial charge is 0.428 e. The van der Waals surface area contributed by atoms with Gasteiger partial charge in [-0.2, -0.15) is 0 Å². The number of rotatable bonds is 3. The van der Waals surface area contributed by atoms with Gasteiger partial charge in [0.25, 0.3) is 0 Å². The molecule has 3 rings (SSSR count). The lowest BCUT2D eigenvalue weighted by Gasteiger charge is -2.28. The number of nitrogens with zero attached hydrogens (tertiary/aromatic N) is 2. The molecule has 1 aliphatic heterocycles. The number of carbonyl (C=O) groups excluding carboxylic acids is 1. The minimum atomic E-state index is -0.522. The Labute approximate surface area is 123 Å². The Kier molecular flexibility index (Phi) is 3.84. The third-order valence-electron chi connectivity index (χ3n) is 2.98. The van der Waals surface area contributed by atoms with Crippen molar-refractivity contribution >= 4 is 11.8 Å². The molecule has 2 aromatic rings. The predicted octanol–water partition coefficient (Wildman–Crippen LogP) is 2.94.